The molecular weight excluding hydrogens is 230 g/mol. The summed E-state index contributed by atoms with van der Waals surface area (Å²) in [5.41, 5.74) is 1.35. The van der Waals surface area contributed by atoms with E-state index in [0.29, 0.717) is 11.1 Å². The Bertz CT molecular complexity index is 509. The van der Waals surface area contributed by atoms with Crippen LogP contribution in [0.25, 0.3) is 11.1 Å². The third-order valence-electron chi connectivity index (χ3n) is 3.31. The molecule has 1 atom stereocenters. The fraction of sp³-hybridized carbons (Fsp3) is 0.250. The van der Waals surface area contributed by atoms with E-state index in [1.807, 2.05) is 19.9 Å². The Hall–Kier alpha value is -1.70. The van der Waals surface area contributed by atoms with E-state index in [-0.39, 0.29) is 11.5 Å². The maximum absolute atomic E-state index is 14.1. The van der Waals surface area contributed by atoms with E-state index in [4.69, 9.17) is 0 Å². The first-order chi connectivity index (χ1) is 8.63. The summed E-state index contributed by atoms with van der Waals surface area (Å²) >= 11 is 0. The molecule has 0 aliphatic carbocycles. The molecule has 0 saturated carbocycles. The minimum Gasteiger partial charge on any atom is -0.206 e. The molecule has 0 saturated heterocycles. The minimum atomic E-state index is -0.489. The monoisotopic (exact) mass is 246 g/mol. The van der Waals surface area contributed by atoms with Crippen LogP contribution in [0, 0.1) is 11.6 Å². The second kappa shape index (κ2) is 5.30. The Morgan fingerprint density at radius 3 is 2.06 bits per heavy atom. The van der Waals surface area contributed by atoms with Crippen LogP contribution < -0.4 is 0 Å². The second-order valence-corrected chi connectivity index (χ2v) is 4.53. The van der Waals surface area contributed by atoms with Crippen molar-refractivity contribution in [1.29, 1.82) is 0 Å². The van der Waals surface area contributed by atoms with Gasteiger partial charge in [0.05, 0.1) is 5.56 Å². The molecule has 0 radical (unpaired) electrons. The van der Waals surface area contributed by atoms with Crippen LogP contribution in [0.5, 0.6) is 0 Å². The highest BCUT2D eigenvalue weighted by Crippen LogP contribution is 2.30. The summed E-state index contributed by atoms with van der Waals surface area (Å²) < 4.78 is 28.1. The van der Waals surface area contributed by atoms with E-state index in [1.54, 1.807) is 24.3 Å². The molecule has 0 aromatic heterocycles. The largest absolute Gasteiger partial charge is 0.206 e. The van der Waals surface area contributed by atoms with Crippen molar-refractivity contribution in [2.45, 2.75) is 26.2 Å². The van der Waals surface area contributed by atoms with E-state index >= 15 is 0 Å². The Labute approximate surface area is 106 Å². The van der Waals surface area contributed by atoms with Crippen LogP contribution in [0.3, 0.4) is 0 Å². The normalized spacial score (nSPS) is 12.4. The van der Waals surface area contributed by atoms with Crippen molar-refractivity contribution in [2.75, 3.05) is 0 Å². The lowest BCUT2D eigenvalue weighted by Gasteiger charge is -2.12. The maximum Gasteiger partial charge on any atom is 0.134 e. The van der Waals surface area contributed by atoms with Crippen LogP contribution in [-0.4, -0.2) is 0 Å². The van der Waals surface area contributed by atoms with Crippen molar-refractivity contribution in [3.8, 4) is 11.1 Å². The summed E-state index contributed by atoms with van der Waals surface area (Å²) in [4.78, 5) is 0. The van der Waals surface area contributed by atoms with Crippen molar-refractivity contribution < 1.29 is 8.78 Å². The Kier molecular flexibility index (Phi) is 3.75. The highest BCUT2D eigenvalue weighted by Gasteiger charge is 2.15. The van der Waals surface area contributed by atoms with Gasteiger partial charge in [0.1, 0.15) is 11.6 Å². The number of benzene rings is 2. The molecule has 0 amide bonds. The molecule has 0 spiro atoms. The first kappa shape index (κ1) is 12.7. The molecule has 0 fully saturated rings. The first-order valence-electron chi connectivity index (χ1n) is 6.17. The van der Waals surface area contributed by atoms with Crippen molar-refractivity contribution >= 4 is 0 Å². The molecule has 1 unspecified atom stereocenters. The van der Waals surface area contributed by atoms with Crippen LogP contribution in [-0.2, 0) is 0 Å². The maximum atomic E-state index is 14.1. The van der Waals surface area contributed by atoms with Crippen LogP contribution in [0.15, 0.2) is 42.5 Å². The van der Waals surface area contributed by atoms with Crippen molar-refractivity contribution in [3.63, 3.8) is 0 Å². The second-order valence-electron chi connectivity index (χ2n) is 4.53. The summed E-state index contributed by atoms with van der Waals surface area (Å²) in [5, 5.41) is 0. The lowest BCUT2D eigenvalue weighted by molar-refractivity contribution is 0.579. The third-order valence-corrected chi connectivity index (χ3v) is 3.31. The van der Waals surface area contributed by atoms with E-state index in [1.165, 1.54) is 12.1 Å². The molecule has 0 bridgehead atoms. The zero-order chi connectivity index (χ0) is 13.1. The van der Waals surface area contributed by atoms with Crippen LogP contribution >= 0.6 is 0 Å². The topological polar surface area (TPSA) is 0 Å². The Morgan fingerprint density at radius 1 is 1.00 bits per heavy atom. The fourth-order valence-corrected chi connectivity index (χ4v) is 1.99. The van der Waals surface area contributed by atoms with Crippen LogP contribution in [0.1, 0.15) is 31.7 Å². The summed E-state index contributed by atoms with van der Waals surface area (Å²) in [6.07, 6.45) is 0.865. The number of rotatable bonds is 3. The van der Waals surface area contributed by atoms with Crippen LogP contribution in [0.2, 0.25) is 0 Å². The molecule has 18 heavy (non-hydrogen) atoms. The Balaban J connectivity index is 2.51. The average Bonchev–Trinajstić information content (AvgIpc) is 2.38. The lowest BCUT2D eigenvalue weighted by Crippen LogP contribution is -1.97. The van der Waals surface area contributed by atoms with Crippen molar-refractivity contribution in [3.05, 3.63) is 59.7 Å². The van der Waals surface area contributed by atoms with Gasteiger partial charge in [0.25, 0.3) is 0 Å². The minimum absolute atomic E-state index is 0.0580. The van der Waals surface area contributed by atoms with Gasteiger partial charge >= 0.3 is 0 Å². The van der Waals surface area contributed by atoms with Gasteiger partial charge in [0, 0.05) is 0 Å². The van der Waals surface area contributed by atoms with Gasteiger partial charge in [-0.05, 0) is 35.6 Å². The summed E-state index contributed by atoms with van der Waals surface area (Å²) in [6, 6.07) is 11.7. The van der Waals surface area contributed by atoms with Gasteiger partial charge in [-0.15, -0.1) is 0 Å². The molecule has 2 aromatic carbocycles. The zero-order valence-corrected chi connectivity index (χ0v) is 10.6. The molecule has 2 rings (SSSR count). The highest BCUT2D eigenvalue weighted by molar-refractivity contribution is 5.65. The van der Waals surface area contributed by atoms with Gasteiger partial charge in [-0.3, -0.25) is 0 Å². The molecule has 94 valence electrons. The fourth-order valence-electron chi connectivity index (χ4n) is 1.99. The van der Waals surface area contributed by atoms with Gasteiger partial charge in [-0.25, -0.2) is 8.78 Å². The number of hydrogen-bond donors (Lipinski definition) is 0. The van der Waals surface area contributed by atoms with E-state index in [2.05, 4.69) is 0 Å². The lowest BCUT2D eigenvalue weighted by atomic mass is 9.95. The molecule has 0 heterocycles. The molecule has 2 aromatic rings. The highest BCUT2D eigenvalue weighted by atomic mass is 19.1. The molecular formula is C16H16F2. The molecule has 0 nitrogen and oxygen atoms in total. The van der Waals surface area contributed by atoms with Gasteiger partial charge in [0.2, 0.25) is 0 Å². The van der Waals surface area contributed by atoms with Gasteiger partial charge in [-0.1, -0.05) is 44.2 Å². The Morgan fingerprint density at radius 2 is 1.56 bits per heavy atom. The average molecular weight is 246 g/mol. The zero-order valence-electron chi connectivity index (χ0n) is 10.6. The number of hydrogen-bond acceptors (Lipinski definition) is 0. The predicted molar refractivity (Wildman–Crippen MR) is 70.5 cm³/mol. The molecule has 0 N–H and O–H groups in total. The summed E-state index contributed by atoms with van der Waals surface area (Å²) in [7, 11) is 0. The molecule has 2 heteroatoms. The quantitative estimate of drug-likeness (QED) is 0.703. The van der Waals surface area contributed by atoms with E-state index < -0.39 is 11.6 Å². The predicted octanol–water partition coefficient (Wildman–Crippen LogP) is 5.15. The van der Waals surface area contributed by atoms with Crippen molar-refractivity contribution in [1.82, 2.24) is 0 Å². The summed E-state index contributed by atoms with van der Waals surface area (Å²) in [5.74, 6) is -0.813. The molecule has 0 aliphatic rings. The third kappa shape index (κ3) is 2.42. The standard InChI is InChI=1S/C16H16F2/c1-3-11(2)13-9-14(17)16(15(18)10-13)12-7-5-4-6-8-12/h4-11H,3H2,1-2H3. The number of halogens is 2. The van der Waals surface area contributed by atoms with Crippen molar-refractivity contribution in [2.24, 2.45) is 0 Å². The molecule has 0 aliphatic heterocycles. The van der Waals surface area contributed by atoms with Gasteiger partial charge in [0.15, 0.2) is 0 Å². The van der Waals surface area contributed by atoms with Gasteiger partial charge in [-0.2, -0.15) is 0 Å². The summed E-state index contributed by atoms with van der Waals surface area (Å²) in [6.45, 7) is 3.97. The van der Waals surface area contributed by atoms with Crippen LogP contribution in [0.4, 0.5) is 8.78 Å². The first-order valence-corrected chi connectivity index (χ1v) is 6.17. The van der Waals surface area contributed by atoms with E-state index in [0.717, 1.165) is 6.42 Å². The smallest absolute Gasteiger partial charge is 0.134 e. The SMILES string of the molecule is CCC(C)c1cc(F)c(-c2ccccc2)c(F)c1. The van der Waals surface area contributed by atoms with E-state index in [9.17, 15) is 8.78 Å². The van der Waals surface area contributed by atoms with Gasteiger partial charge < -0.3 is 0 Å².